The van der Waals surface area contributed by atoms with E-state index < -0.39 is 12.0 Å². The van der Waals surface area contributed by atoms with Gasteiger partial charge in [0.2, 0.25) is 0 Å². The fraction of sp³-hybridized carbons (Fsp3) is 0.179. The lowest BCUT2D eigenvalue weighted by molar-refractivity contribution is -0.142. The molecule has 5 rings (SSSR count). The first-order chi connectivity index (χ1) is 15.2. The number of rotatable bonds is 5. The van der Waals surface area contributed by atoms with E-state index in [0.717, 1.165) is 24.1 Å². The second kappa shape index (κ2) is 8.37. The molecule has 1 aliphatic heterocycles. The monoisotopic (exact) mass is 407 g/mol. The summed E-state index contributed by atoms with van der Waals surface area (Å²) < 4.78 is 0. The van der Waals surface area contributed by atoms with E-state index in [2.05, 4.69) is 77.7 Å². The number of nitrogens with zero attached hydrogens (tertiary/aromatic N) is 1. The quantitative estimate of drug-likeness (QED) is 0.432. The van der Waals surface area contributed by atoms with Gasteiger partial charge in [-0.2, -0.15) is 0 Å². The third-order valence-electron chi connectivity index (χ3n) is 6.36. The third-order valence-corrected chi connectivity index (χ3v) is 6.36. The molecular formula is C28H25NO2. The van der Waals surface area contributed by atoms with Crippen molar-refractivity contribution in [2.45, 2.75) is 24.9 Å². The van der Waals surface area contributed by atoms with E-state index >= 15 is 0 Å². The minimum absolute atomic E-state index is 0.0977. The molecule has 0 amide bonds. The molecule has 0 bridgehead atoms. The molecule has 0 saturated carbocycles. The molecule has 0 radical (unpaired) electrons. The van der Waals surface area contributed by atoms with Crippen LogP contribution in [0.3, 0.4) is 0 Å². The standard InChI is InChI=1S/C28H25NO2/c30-28(31)26-14-7-19-29(26)27(25-13-6-11-22-10-4-5-12-24(22)25)23-17-15-21(16-18-23)20-8-2-1-3-9-20/h1-6,8-13,15-18,26-27H,7,14,19H2,(H,30,31). The van der Waals surface area contributed by atoms with Crippen molar-refractivity contribution in [2.24, 2.45) is 0 Å². The summed E-state index contributed by atoms with van der Waals surface area (Å²) in [6.45, 7) is 0.783. The van der Waals surface area contributed by atoms with Crippen molar-refractivity contribution in [3.05, 3.63) is 108 Å². The first-order valence-corrected chi connectivity index (χ1v) is 10.8. The van der Waals surface area contributed by atoms with E-state index in [1.807, 2.05) is 24.3 Å². The van der Waals surface area contributed by atoms with Gasteiger partial charge < -0.3 is 5.11 Å². The summed E-state index contributed by atoms with van der Waals surface area (Å²) in [7, 11) is 0. The van der Waals surface area contributed by atoms with Crippen LogP contribution < -0.4 is 0 Å². The van der Waals surface area contributed by atoms with E-state index in [9.17, 15) is 9.90 Å². The van der Waals surface area contributed by atoms with Gasteiger partial charge in [-0.25, -0.2) is 0 Å². The Bertz CT molecular complexity index is 1200. The first kappa shape index (κ1) is 19.5. The van der Waals surface area contributed by atoms with Crippen LogP contribution in [0.2, 0.25) is 0 Å². The Balaban J connectivity index is 1.63. The van der Waals surface area contributed by atoms with E-state index in [4.69, 9.17) is 0 Å². The predicted octanol–water partition coefficient (Wildman–Crippen LogP) is 6.15. The van der Waals surface area contributed by atoms with Crippen molar-refractivity contribution in [3.63, 3.8) is 0 Å². The van der Waals surface area contributed by atoms with Crippen LogP contribution in [0.4, 0.5) is 0 Å². The molecule has 3 nitrogen and oxygen atoms in total. The molecule has 1 N–H and O–H groups in total. The van der Waals surface area contributed by atoms with E-state index in [1.54, 1.807) is 0 Å². The van der Waals surface area contributed by atoms with Crippen LogP contribution in [0, 0.1) is 0 Å². The maximum atomic E-state index is 12.0. The van der Waals surface area contributed by atoms with E-state index in [-0.39, 0.29) is 6.04 Å². The Labute approximate surface area is 182 Å². The largest absolute Gasteiger partial charge is 0.480 e. The van der Waals surface area contributed by atoms with Crippen molar-refractivity contribution in [3.8, 4) is 11.1 Å². The summed E-state index contributed by atoms with van der Waals surface area (Å²) in [6.07, 6.45) is 1.60. The second-order valence-corrected chi connectivity index (χ2v) is 8.19. The fourth-order valence-corrected chi connectivity index (χ4v) is 4.89. The van der Waals surface area contributed by atoms with Crippen molar-refractivity contribution >= 4 is 16.7 Å². The van der Waals surface area contributed by atoms with Crippen molar-refractivity contribution in [1.82, 2.24) is 4.90 Å². The first-order valence-electron chi connectivity index (χ1n) is 10.8. The summed E-state index contributed by atoms with van der Waals surface area (Å²) in [4.78, 5) is 14.2. The lowest BCUT2D eigenvalue weighted by Crippen LogP contribution is -2.39. The third kappa shape index (κ3) is 3.73. The summed E-state index contributed by atoms with van der Waals surface area (Å²) in [5, 5.41) is 12.2. The summed E-state index contributed by atoms with van der Waals surface area (Å²) in [5.74, 6) is -0.733. The van der Waals surface area contributed by atoms with Gasteiger partial charge in [0.25, 0.3) is 0 Å². The Morgan fingerprint density at radius 1 is 0.806 bits per heavy atom. The number of carbonyl (C=O) groups is 1. The number of carboxylic acids is 1. The van der Waals surface area contributed by atoms with Crippen LogP contribution in [0.15, 0.2) is 97.1 Å². The highest BCUT2D eigenvalue weighted by Crippen LogP contribution is 2.38. The number of carboxylic acid groups (broad SMARTS) is 1. The molecule has 0 aromatic heterocycles. The molecule has 31 heavy (non-hydrogen) atoms. The smallest absolute Gasteiger partial charge is 0.320 e. The lowest BCUT2D eigenvalue weighted by Gasteiger charge is -2.33. The molecule has 1 saturated heterocycles. The maximum Gasteiger partial charge on any atom is 0.320 e. The van der Waals surface area contributed by atoms with E-state index in [0.29, 0.717) is 6.42 Å². The average molecular weight is 408 g/mol. The topological polar surface area (TPSA) is 40.5 Å². The molecule has 2 atom stereocenters. The van der Waals surface area contributed by atoms with Gasteiger partial charge in [0.15, 0.2) is 0 Å². The number of aliphatic carboxylic acids is 1. The van der Waals surface area contributed by atoms with Gasteiger partial charge in [-0.15, -0.1) is 0 Å². The summed E-state index contributed by atoms with van der Waals surface area (Å²) >= 11 is 0. The molecule has 3 heteroatoms. The SMILES string of the molecule is O=C(O)C1CCCN1C(c1ccc(-c2ccccc2)cc1)c1cccc2ccccc12. The zero-order valence-corrected chi connectivity index (χ0v) is 17.3. The number of hydrogen-bond donors (Lipinski definition) is 1. The van der Waals surface area contributed by atoms with Gasteiger partial charge in [0.1, 0.15) is 6.04 Å². The summed E-state index contributed by atoms with van der Waals surface area (Å²) in [5.41, 5.74) is 4.64. The molecule has 2 unspecified atom stereocenters. The number of hydrogen-bond acceptors (Lipinski definition) is 2. The van der Waals surface area contributed by atoms with Gasteiger partial charge in [-0.3, -0.25) is 9.69 Å². The molecule has 1 aliphatic rings. The molecule has 0 spiro atoms. The predicted molar refractivity (Wildman–Crippen MR) is 125 cm³/mol. The van der Waals surface area contributed by atoms with Crippen LogP contribution >= 0.6 is 0 Å². The molecule has 1 fully saturated rings. The number of likely N-dealkylation sites (tertiary alicyclic amines) is 1. The highest BCUT2D eigenvalue weighted by atomic mass is 16.4. The molecule has 154 valence electrons. The lowest BCUT2D eigenvalue weighted by atomic mass is 9.91. The minimum Gasteiger partial charge on any atom is -0.480 e. The van der Waals surface area contributed by atoms with Gasteiger partial charge in [0, 0.05) is 6.54 Å². The van der Waals surface area contributed by atoms with Crippen LogP contribution in [0.5, 0.6) is 0 Å². The van der Waals surface area contributed by atoms with Gasteiger partial charge >= 0.3 is 5.97 Å². The average Bonchev–Trinajstić information content (AvgIpc) is 3.30. The van der Waals surface area contributed by atoms with Crippen LogP contribution in [-0.2, 0) is 4.79 Å². The fourth-order valence-electron chi connectivity index (χ4n) is 4.89. The number of benzene rings is 4. The molecule has 4 aromatic carbocycles. The zero-order valence-electron chi connectivity index (χ0n) is 17.3. The normalized spacial score (nSPS) is 17.6. The molecular weight excluding hydrogens is 382 g/mol. The number of fused-ring (bicyclic) bond motifs is 1. The van der Waals surface area contributed by atoms with Crippen LogP contribution in [0.25, 0.3) is 21.9 Å². The zero-order chi connectivity index (χ0) is 21.2. The molecule has 1 heterocycles. The Kier molecular flexibility index (Phi) is 5.27. The van der Waals surface area contributed by atoms with Crippen molar-refractivity contribution < 1.29 is 9.90 Å². The van der Waals surface area contributed by atoms with Crippen molar-refractivity contribution in [2.75, 3.05) is 6.54 Å². The van der Waals surface area contributed by atoms with E-state index in [1.165, 1.54) is 21.9 Å². The minimum atomic E-state index is -0.733. The van der Waals surface area contributed by atoms with Crippen LogP contribution in [0.1, 0.15) is 30.0 Å². The molecule has 0 aliphatic carbocycles. The molecule has 4 aromatic rings. The maximum absolute atomic E-state index is 12.0. The highest BCUT2D eigenvalue weighted by Gasteiger charge is 2.37. The van der Waals surface area contributed by atoms with Crippen LogP contribution in [-0.4, -0.2) is 28.6 Å². The highest BCUT2D eigenvalue weighted by molar-refractivity contribution is 5.86. The van der Waals surface area contributed by atoms with Gasteiger partial charge in [-0.05, 0) is 45.9 Å². The van der Waals surface area contributed by atoms with Gasteiger partial charge in [-0.1, -0.05) is 97.1 Å². The Morgan fingerprint density at radius 3 is 2.26 bits per heavy atom. The Morgan fingerprint density at radius 2 is 1.48 bits per heavy atom. The van der Waals surface area contributed by atoms with Gasteiger partial charge in [0.05, 0.1) is 6.04 Å². The Hall–Kier alpha value is -3.43. The second-order valence-electron chi connectivity index (χ2n) is 8.19. The van der Waals surface area contributed by atoms with Crippen molar-refractivity contribution in [1.29, 1.82) is 0 Å². The summed E-state index contributed by atoms with van der Waals surface area (Å²) in [6, 6.07) is 33.1.